The summed E-state index contributed by atoms with van der Waals surface area (Å²) in [6.07, 6.45) is 0. The Morgan fingerprint density at radius 2 is 1.48 bits per heavy atom. The maximum Gasteiger partial charge on any atom is 0.169 e. The van der Waals surface area contributed by atoms with Crippen molar-refractivity contribution in [3.8, 4) is 28.6 Å². The first-order valence-corrected chi connectivity index (χ1v) is 9.45. The van der Waals surface area contributed by atoms with Gasteiger partial charge >= 0.3 is 0 Å². The highest BCUT2D eigenvalue weighted by Gasteiger charge is 2.24. The monoisotopic (exact) mass is 384 g/mol. The molecule has 0 radical (unpaired) electrons. The van der Waals surface area contributed by atoms with E-state index in [4.69, 9.17) is 9.15 Å². The van der Waals surface area contributed by atoms with Crippen molar-refractivity contribution in [2.75, 3.05) is 7.11 Å². The minimum Gasteiger partial charge on any atom is -0.504 e. The normalized spacial score (nSPS) is 11.6. The Labute approximate surface area is 167 Å². The zero-order valence-electron chi connectivity index (χ0n) is 16.4. The fraction of sp³-hybridized carbons (Fsp3) is 0.120. The molecule has 5 rings (SSSR count). The number of ether oxygens (including phenoxy) is 1. The lowest BCUT2D eigenvalue weighted by atomic mass is 9.95. The van der Waals surface area contributed by atoms with Gasteiger partial charge in [-0.25, -0.2) is 0 Å². The topological polar surface area (TPSA) is 62.8 Å². The number of phenolic OH excluding ortho intramolecular Hbond substituents is 2. The molecular formula is C25H20O4. The highest BCUT2D eigenvalue weighted by Crippen LogP contribution is 2.50. The van der Waals surface area contributed by atoms with Gasteiger partial charge in [-0.3, -0.25) is 0 Å². The second-order valence-electron chi connectivity index (χ2n) is 7.32. The third-order valence-corrected chi connectivity index (χ3v) is 5.72. The van der Waals surface area contributed by atoms with Crippen molar-refractivity contribution >= 4 is 32.5 Å². The van der Waals surface area contributed by atoms with Gasteiger partial charge in [0, 0.05) is 16.3 Å². The molecule has 0 spiro atoms. The third-order valence-electron chi connectivity index (χ3n) is 5.72. The van der Waals surface area contributed by atoms with E-state index in [-0.39, 0.29) is 11.5 Å². The maximum absolute atomic E-state index is 10.9. The zero-order valence-corrected chi connectivity index (χ0v) is 16.4. The number of phenols is 2. The molecule has 29 heavy (non-hydrogen) atoms. The molecule has 0 saturated heterocycles. The van der Waals surface area contributed by atoms with Crippen molar-refractivity contribution in [3.63, 3.8) is 0 Å². The quantitative estimate of drug-likeness (QED) is 0.271. The molecule has 0 aliphatic heterocycles. The first kappa shape index (κ1) is 17.4. The summed E-state index contributed by atoms with van der Waals surface area (Å²) in [5.41, 5.74) is 3.21. The van der Waals surface area contributed by atoms with Crippen LogP contribution < -0.4 is 4.74 Å². The molecule has 0 atom stereocenters. The van der Waals surface area contributed by atoms with Crippen molar-refractivity contribution in [1.29, 1.82) is 0 Å². The molecule has 0 aliphatic carbocycles. The molecule has 4 aromatic carbocycles. The van der Waals surface area contributed by atoms with Gasteiger partial charge in [0.1, 0.15) is 17.1 Å². The van der Waals surface area contributed by atoms with Crippen LogP contribution in [0.2, 0.25) is 0 Å². The Hall–Kier alpha value is -3.66. The van der Waals surface area contributed by atoms with Crippen LogP contribution in [0.4, 0.5) is 0 Å². The molecule has 0 unspecified atom stereocenters. The van der Waals surface area contributed by atoms with E-state index in [1.54, 1.807) is 7.11 Å². The molecule has 5 aromatic rings. The van der Waals surface area contributed by atoms with E-state index in [0.29, 0.717) is 27.9 Å². The molecule has 0 bridgehead atoms. The number of fused-ring (bicyclic) bond motifs is 5. The lowest BCUT2D eigenvalue weighted by Crippen LogP contribution is -1.87. The smallest absolute Gasteiger partial charge is 0.169 e. The molecule has 0 fully saturated rings. The summed E-state index contributed by atoms with van der Waals surface area (Å²) in [6, 6.07) is 17.5. The summed E-state index contributed by atoms with van der Waals surface area (Å²) in [7, 11) is 1.62. The van der Waals surface area contributed by atoms with Crippen LogP contribution in [0, 0.1) is 13.8 Å². The highest BCUT2D eigenvalue weighted by molar-refractivity contribution is 6.22. The highest BCUT2D eigenvalue weighted by atomic mass is 16.5. The lowest BCUT2D eigenvalue weighted by molar-refractivity contribution is 0.412. The SMILES string of the molecule is COc1ccccc1-c1oc2c(c1C)c(O)c(O)c1c3cccc(C)c3ccc21. The Morgan fingerprint density at radius 1 is 0.759 bits per heavy atom. The van der Waals surface area contributed by atoms with E-state index in [1.807, 2.05) is 68.4 Å². The van der Waals surface area contributed by atoms with Crippen molar-refractivity contribution in [2.24, 2.45) is 0 Å². The van der Waals surface area contributed by atoms with Gasteiger partial charge in [0.25, 0.3) is 0 Å². The van der Waals surface area contributed by atoms with E-state index >= 15 is 0 Å². The van der Waals surface area contributed by atoms with Gasteiger partial charge in [-0.15, -0.1) is 0 Å². The van der Waals surface area contributed by atoms with Gasteiger partial charge in [-0.2, -0.15) is 0 Å². The molecule has 144 valence electrons. The summed E-state index contributed by atoms with van der Waals surface area (Å²) in [5.74, 6) is 1.01. The van der Waals surface area contributed by atoms with E-state index in [0.717, 1.165) is 32.8 Å². The van der Waals surface area contributed by atoms with Crippen molar-refractivity contribution in [3.05, 3.63) is 65.7 Å². The van der Waals surface area contributed by atoms with E-state index in [9.17, 15) is 10.2 Å². The van der Waals surface area contributed by atoms with Crippen LogP contribution in [0.1, 0.15) is 11.1 Å². The molecule has 1 heterocycles. The van der Waals surface area contributed by atoms with Gasteiger partial charge in [0.2, 0.25) is 0 Å². The number of aryl methyl sites for hydroxylation is 2. The Kier molecular flexibility index (Phi) is 3.71. The fourth-order valence-electron chi connectivity index (χ4n) is 4.27. The number of benzene rings is 4. The summed E-state index contributed by atoms with van der Waals surface area (Å²) in [6.45, 7) is 3.91. The van der Waals surface area contributed by atoms with Gasteiger partial charge < -0.3 is 19.4 Å². The zero-order chi connectivity index (χ0) is 20.3. The Bertz CT molecular complexity index is 1430. The Morgan fingerprint density at radius 3 is 2.28 bits per heavy atom. The number of rotatable bonds is 2. The molecule has 1 aromatic heterocycles. The first-order valence-electron chi connectivity index (χ1n) is 9.45. The summed E-state index contributed by atoms with van der Waals surface area (Å²) in [4.78, 5) is 0. The molecular weight excluding hydrogens is 364 g/mol. The van der Waals surface area contributed by atoms with E-state index in [2.05, 4.69) is 0 Å². The number of hydrogen-bond acceptors (Lipinski definition) is 4. The van der Waals surface area contributed by atoms with Gasteiger partial charge in [-0.1, -0.05) is 36.4 Å². The average Bonchev–Trinajstić information content (AvgIpc) is 3.09. The first-order chi connectivity index (χ1) is 14.0. The molecule has 0 amide bonds. The second-order valence-corrected chi connectivity index (χ2v) is 7.32. The minimum absolute atomic E-state index is 0.126. The predicted octanol–water partition coefficient (Wildman–Crippen LogP) is 6.44. The van der Waals surface area contributed by atoms with Crippen LogP contribution in [-0.2, 0) is 0 Å². The van der Waals surface area contributed by atoms with Crippen molar-refractivity contribution < 1.29 is 19.4 Å². The number of para-hydroxylation sites is 1. The fourth-order valence-corrected chi connectivity index (χ4v) is 4.27. The van der Waals surface area contributed by atoms with Crippen LogP contribution in [0.25, 0.3) is 43.8 Å². The third kappa shape index (κ3) is 2.32. The molecule has 0 saturated carbocycles. The molecule has 2 N–H and O–H groups in total. The van der Waals surface area contributed by atoms with Gasteiger partial charge in [0.15, 0.2) is 11.5 Å². The predicted molar refractivity (Wildman–Crippen MR) is 116 cm³/mol. The van der Waals surface area contributed by atoms with Crippen LogP contribution in [-0.4, -0.2) is 17.3 Å². The van der Waals surface area contributed by atoms with E-state index in [1.165, 1.54) is 0 Å². The summed E-state index contributed by atoms with van der Waals surface area (Å²) < 4.78 is 11.8. The maximum atomic E-state index is 10.9. The van der Waals surface area contributed by atoms with Crippen LogP contribution in [0.15, 0.2) is 59.0 Å². The van der Waals surface area contributed by atoms with Crippen LogP contribution >= 0.6 is 0 Å². The number of furan rings is 1. The standard InChI is InChI=1S/C25H20O4/c1-13-7-6-9-16-15(13)11-12-18-21(16)23(27)22(26)20-14(2)24(29-25(18)20)17-8-4-5-10-19(17)28-3/h4-12,26-27H,1-3H3. The Balaban J connectivity index is 1.96. The number of hydrogen-bond donors (Lipinski definition) is 2. The summed E-state index contributed by atoms with van der Waals surface area (Å²) in [5, 5.41) is 25.6. The van der Waals surface area contributed by atoms with Crippen molar-refractivity contribution in [2.45, 2.75) is 13.8 Å². The van der Waals surface area contributed by atoms with Crippen LogP contribution in [0.3, 0.4) is 0 Å². The van der Waals surface area contributed by atoms with Gasteiger partial charge in [0.05, 0.1) is 18.1 Å². The average molecular weight is 384 g/mol. The van der Waals surface area contributed by atoms with Crippen molar-refractivity contribution in [1.82, 2.24) is 0 Å². The number of aromatic hydroxyl groups is 2. The summed E-state index contributed by atoms with van der Waals surface area (Å²) >= 11 is 0. The molecule has 0 aliphatic rings. The largest absolute Gasteiger partial charge is 0.504 e. The number of methoxy groups -OCH3 is 1. The lowest BCUT2D eigenvalue weighted by Gasteiger charge is -2.10. The van der Waals surface area contributed by atoms with E-state index < -0.39 is 0 Å². The van der Waals surface area contributed by atoms with Crippen LogP contribution in [0.5, 0.6) is 17.2 Å². The molecule has 4 nitrogen and oxygen atoms in total. The second kappa shape index (κ2) is 6.17. The molecule has 4 heteroatoms. The minimum atomic E-state index is -0.163. The van der Waals surface area contributed by atoms with Gasteiger partial charge in [-0.05, 0) is 48.4 Å².